The lowest BCUT2D eigenvalue weighted by Crippen LogP contribution is -2.40. The topological polar surface area (TPSA) is 78.4 Å². The molecular formula is C10H10BrFN2O3. The number of carbonyl (C=O) groups excluding carboxylic acids is 1. The number of hydrogen-bond acceptors (Lipinski definition) is 2. The van der Waals surface area contributed by atoms with Gasteiger partial charge in [-0.25, -0.2) is 9.18 Å². The van der Waals surface area contributed by atoms with E-state index in [2.05, 4.69) is 26.6 Å². The fourth-order valence-corrected chi connectivity index (χ4v) is 1.38. The van der Waals surface area contributed by atoms with Crippen molar-refractivity contribution in [2.75, 3.05) is 5.32 Å². The molecule has 0 aliphatic carbocycles. The summed E-state index contributed by atoms with van der Waals surface area (Å²) in [4.78, 5) is 21.8. The zero-order chi connectivity index (χ0) is 13.0. The Kier molecular flexibility index (Phi) is 4.45. The Morgan fingerprint density at radius 3 is 2.65 bits per heavy atom. The maximum atomic E-state index is 12.9. The predicted molar refractivity (Wildman–Crippen MR) is 63.4 cm³/mol. The molecule has 2 amide bonds. The minimum absolute atomic E-state index is 0.210. The van der Waals surface area contributed by atoms with Gasteiger partial charge in [-0.3, -0.25) is 4.79 Å². The minimum Gasteiger partial charge on any atom is -0.480 e. The molecule has 17 heavy (non-hydrogen) atoms. The van der Waals surface area contributed by atoms with Crippen molar-refractivity contribution in [3.8, 4) is 0 Å². The van der Waals surface area contributed by atoms with Gasteiger partial charge in [0.1, 0.15) is 11.9 Å². The fourth-order valence-electron chi connectivity index (χ4n) is 0.999. The molecule has 3 N–H and O–H groups in total. The van der Waals surface area contributed by atoms with Gasteiger partial charge in [0.25, 0.3) is 0 Å². The Morgan fingerprint density at radius 2 is 2.12 bits per heavy atom. The molecule has 0 spiro atoms. The first-order valence-corrected chi connectivity index (χ1v) is 5.45. The second-order valence-corrected chi connectivity index (χ2v) is 4.14. The van der Waals surface area contributed by atoms with Crippen LogP contribution >= 0.6 is 15.9 Å². The second kappa shape index (κ2) is 5.62. The van der Waals surface area contributed by atoms with Crippen LogP contribution in [0.3, 0.4) is 0 Å². The lowest BCUT2D eigenvalue weighted by molar-refractivity contribution is -0.138. The highest BCUT2D eigenvalue weighted by Gasteiger charge is 2.13. The summed E-state index contributed by atoms with van der Waals surface area (Å²) in [5.41, 5.74) is 0.355. The monoisotopic (exact) mass is 304 g/mol. The Bertz CT molecular complexity index is 453. The van der Waals surface area contributed by atoms with Crippen LogP contribution < -0.4 is 10.6 Å². The molecule has 92 valence electrons. The quantitative estimate of drug-likeness (QED) is 0.801. The summed E-state index contributed by atoms with van der Waals surface area (Å²) < 4.78 is 13.1. The molecule has 0 fully saturated rings. The van der Waals surface area contributed by atoms with E-state index in [4.69, 9.17) is 5.11 Å². The number of urea groups is 1. The van der Waals surface area contributed by atoms with Crippen LogP contribution in [0.25, 0.3) is 0 Å². The van der Waals surface area contributed by atoms with Gasteiger partial charge in [0.05, 0.1) is 4.47 Å². The van der Waals surface area contributed by atoms with Gasteiger partial charge in [-0.1, -0.05) is 0 Å². The first kappa shape index (κ1) is 13.4. The number of anilines is 1. The van der Waals surface area contributed by atoms with Crippen molar-refractivity contribution in [2.24, 2.45) is 0 Å². The van der Waals surface area contributed by atoms with Gasteiger partial charge in [-0.2, -0.15) is 0 Å². The molecule has 1 rings (SSSR count). The number of nitrogens with one attached hydrogen (secondary N) is 2. The summed E-state index contributed by atoms with van der Waals surface area (Å²) in [5.74, 6) is -1.59. The Morgan fingerprint density at radius 1 is 1.47 bits per heavy atom. The molecule has 5 nitrogen and oxygen atoms in total. The third-order valence-corrected chi connectivity index (χ3v) is 2.50. The standard InChI is InChI=1S/C10H10BrFN2O3/c1-5(9(15)16)13-10(17)14-6-2-3-8(12)7(11)4-6/h2-5H,1H3,(H,15,16)(H2,13,14,17)/t5-/m1/s1. The number of benzene rings is 1. The molecule has 0 aliphatic rings. The third-order valence-electron chi connectivity index (χ3n) is 1.90. The summed E-state index contributed by atoms with van der Waals surface area (Å²) in [7, 11) is 0. The summed E-state index contributed by atoms with van der Waals surface area (Å²) in [6.45, 7) is 1.34. The Balaban J connectivity index is 2.62. The van der Waals surface area contributed by atoms with Gasteiger partial charge >= 0.3 is 12.0 Å². The molecule has 7 heteroatoms. The zero-order valence-corrected chi connectivity index (χ0v) is 10.4. The van der Waals surface area contributed by atoms with Crippen molar-refractivity contribution < 1.29 is 19.1 Å². The third kappa shape index (κ3) is 4.03. The van der Waals surface area contributed by atoms with Crippen molar-refractivity contribution in [3.05, 3.63) is 28.5 Å². The lowest BCUT2D eigenvalue weighted by atomic mass is 10.3. The SMILES string of the molecule is C[C@@H](NC(=O)Nc1ccc(F)c(Br)c1)C(=O)O. The molecule has 1 atom stereocenters. The van der Waals surface area contributed by atoms with E-state index >= 15 is 0 Å². The number of rotatable bonds is 3. The van der Waals surface area contributed by atoms with Crippen LogP contribution in [0, 0.1) is 5.82 Å². The van der Waals surface area contributed by atoms with Gasteiger partial charge in [0, 0.05) is 5.69 Å². The number of carboxylic acid groups (broad SMARTS) is 1. The van der Waals surface area contributed by atoms with Crippen LogP contribution in [-0.4, -0.2) is 23.1 Å². The van der Waals surface area contributed by atoms with E-state index in [9.17, 15) is 14.0 Å². The lowest BCUT2D eigenvalue weighted by Gasteiger charge is -2.10. The predicted octanol–water partition coefficient (Wildman–Crippen LogP) is 2.18. The Hall–Kier alpha value is -1.63. The van der Waals surface area contributed by atoms with Gasteiger partial charge in [0.15, 0.2) is 0 Å². The molecular weight excluding hydrogens is 295 g/mol. The van der Waals surface area contributed by atoms with Gasteiger partial charge in [0.2, 0.25) is 0 Å². The number of amides is 2. The zero-order valence-electron chi connectivity index (χ0n) is 8.83. The molecule has 1 aromatic rings. The van der Waals surface area contributed by atoms with Crippen molar-refractivity contribution in [1.82, 2.24) is 5.32 Å². The molecule has 1 aromatic carbocycles. The number of hydrogen-bond donors (Lipinski definition) is 3. The summed E-state index contributed by atoms with van der Waals surface area (Å²) >= 11 is 2.97. The molecule has 0 aromatic heterocycles. The highest BCUT2D eigenvalue weighted by molar-refractivity contribution is 9.10. The Labute approximate surface area is 105 Å². The molecule has 0 bridgehead atoms. The van der Waals surface area contributed by atoms with Gasteiger partial charge < -0.3 is 15.7 Å². The van der Waals surface area contributed by atoms with Crippen molar-refractivity contribution >= 4 is 33.6 Å². The van der Waals surface area contributed by atoms with E-state index in [0.717, 1.165) is 0 Å². The number of carbonyl (C=O) groups is 2. The maximum absolute atomic E-state index is 12.9. The molecule has 0 heterocycles. The van der Waals surface area contributed by atoms with Gasteiger partial charge in [-0.05, 0) is 41.1 Å². The van der Waals surface area contributed by atoms with Crippen LogP contribution in [0.1, 0.15) is 6.92 Å². The molecule has 0 saturated carbocycles. The van der Waals surface area contributed by atoms with Crippen LogP contribution in [0.5, 0.6) is 0 Å². The van der Waals surface area contributed by atoms with E-state index in [-0.39, 0.29) is 4.47 Å². The normalized spacial score (nSPS) is 11.7. The minimum atomic E-state index is -1.14. The van der Waals surface area contributed by atoms with Crippen molar-refractivity contribution in [1.29, 1.82) is 0 Å². The van der Waals surface area contributed by atoms with E-state index in [1.54, 1.807) is 0 Å². The van der Waals surface area contributed by atoms with Crippen LogP contribution in [-0.2, 0) is 4.79 Å². The summed E-state index contributed by atoms with van der Waals surface area (Å²) in [6.07, 6.45) is 0. The molecule has 0 aliphatic heterocycles. The van der Waals surface area contributed by atoms with Crippen molar-refractivity contribution in [2.45, 2.75) is 13.0 Å². The highest BCUT2D eigenvalue weighted by atomic mass is 79.9. The van der Waals surface area contributed by atoms with Crippen molar-refractivity contribution in [3.63, 3.8) is 0 Å². The average Bonchev–Trinajstić information content (AvgIpc) is 2.23. The first-order chi connectivity index (χ1) is 7.90. The van der Waals surface area contributed by atoms with Crippen LogP contribution in [0.4, 0.5) is 14.9 Å². The summed E-state index contributed by atoms with van der Waals surface area (Å²) in [5, 5.41) is 13.2. The first-order valence-electron chi connectivity index (χ1n) is 4.65. The van der Waals surface area contributed by atoms with E-state index in [1.807, 2.05) is 0 Å². The van der Waals surface area contributed by atoms with E-state index < -0.39 is 23.9 Å². The van der Waals surface area contributed by atoms with E-state index in [1.165, 1.54) is 25.1 Å². The highest BCUT2D eigenvalue weighted by Crippen LogP contribution is 2.19. The molecule has 0 saturated heterocycles. The number of halogens is 2. The molecule has 0 unspecified atom stereocenters. The number of aliphatic carboxylic acids is 1. The fraction of sp³-hybridized carbons (Fsp3) is 0.200. The number of carboxylic acids is 1. The smallest absolute Gasteiger partial charge is 0.325 e. The second-order valence-electron chi connectivity index (χ2n) is 3.29. The van der Waals surface area contributed by atoms with E-state index in [0.29, 0.717) is 5.69 Å². The van der Waals surface area contributed by atoms with Gasteiger partial charge in [-0.15, -0.1) is 0 Å². The molecule has 0 radical (unpaired) electrons. The maximum Gasteiger partial charge on any atom is 0.325 e. The largest absolute Gasteiger partial charge is 0.480 e. The average molecular weight is 305 g/mol. The van der Waals surface area contributed by atoms with Crippen LogP contribution in [0.2, 0.25) is 0 Å². The summed E-state index contributed by atoms with van der Waals surface area (Å²) in [6, 6.07) is 2.25. The van der Waals surface area contributed by atoms with Crippen LogP contribution in [0.15, 0.2) is 22.7 Å².